The average molecular weight is 283 g/mol. The van der Waals surface area contributed by atoms with E-state index in [9.17, 15) is 4.79 Å². The highest BCUT2D eigenvalue weighted by Crippen LogP contribution is 2.12. The van der Waals surface area contributed by atoms with E-state index in [1.807, 2.05) is 4.90 Å². The number of rotatable bonds is 5. The molecule has 1 aliphatic heterocycles. The van der Waals surface area contributed by atoms with Gasteiger partial charge in [-0.15, -0.1) is 11.6 Å². The van der Waals surface area contributed by atoms with Crippen LogP contribution < -0.4 is 4.90 Å². The van der Waals surface area contributed by atoms with Crippen LogP contribution in [0, 0.1) is 0 Å². The third-order valence-corrected chi connectivity index (χ3v) is 3.55. The Hall–Kier alpha value is -1.36. The zero-order valence-corrected chi connectivity index (χ0v) is 11.7. The number of alkyl halides is 1. The molecule has 1 fully saturated rings. The summed E-state index contributed by atoms with van der Waals surface area (Å²) >= 11 is 5.61. The van der Waals surface area contributed by atoms with Crippen LogP contribution in [-0.4, -0.2) is 52.8 Å². The number of halogens is 1. The Kier molecular flexibility index (Phi) is 5.39. The predicted molar refractivity (Wildman–Crippen MR) is 75.4 cm³/mol. The number of amides is 1. The van der Waals surface area contributed by atoms with Gasteiger partial charge < -0.3 is 9.80 Å². The van der Waals surface area contributed by atoms with E-state index in [-0.39, 0.29) is 5.91 Å². The molecule has 104 valence electrons. The minimum absolute atomic E-state index is 0.240. The van der Waals surface area contributed by atoms with E-state index >= 15 is 0 Å². The lowest BCUT2D eigenvalue weighted by Gasteiger charge is -2.35. The summed E-state index contributed by atoms with van der Waals surface area (Å²) in [6, 6.07) is 0. The Morgan fingerprint density at radius 3 is 2.63 bits per heavy atom. The van der Waals surface area contributed by atoms with Crippen molar-refractivity contribution in [2.45, 2.75) is 19.3 Å². The number of piperazine rings is 1. The number of carbonyl (C=O) groups is 1. The molecule has 0 bridgehead atoms. The van der Waals surface area contributed by atoms with Gasteiger partial charge in [-0.2, -0.15) is 0 Å². The topological polar surface area (TPSA) is 49.3 Å². The molecule has 2 rings (SSSR count). The maximum absolute atomic E-state index is 12.0. The summed E-state index contributed by atoms with van der Waals surface area (Å²) in [5.74, 6) is 1.76. The van der Waals surface area contributed by atoms with Gasteiger partial charge in [-0.3, -0.25) is 9.78 Å². The van der Waals surface area contributed by atoms with Crippen LogP contribution in [0.25, 0.3) is 0 Å². The maximum atomic E-state index is 12.0. The molecule has 0 aromatic carbocycles. The van der Waals surface area contributed by atoms with Gasteiger partial charge >= 0.3 is 0 Å². The Balaban J connectivity index is 1.77. The van der Waals surface area contributed by atoms with Crippen molar-refractivity contribution in [3.8, 4) is 0 Å². The minimum atomic E-state index is 0.240. The van der Waals surface area contributed by atoms with Gasteiger partial charge in [-0.1, -0.05) is 0 Å². The Morgan fingerprint density at radius 2 is 2.00 bits per heavy atom. The number of hydrogen-bond acceptors (Lipinski definition) is 4. The molecule has 1 aliphatic rings. The second kappa shape index (κ2) is 7.28. The molecule has 1 amide bonds. The first-order chi connectivity index (χ1) is 9.31. The lowest BCUT2D eigenvalue weighted by atomic mass is 10.2. The van der Waals surface area contributed by atoms with Crippen LogP contribution in [0.1, 0.15) is 19.3 Å². The summed E-state index contributed by atoms with van der Waals surface area (Å²) in [6.07, 6.45) is 7.52. The summed E-state index contributed by atoms with van der Waals surface area (Å²) in [4.78, 5) is 24.4. The van der Waals surface area contributed by atoms with Crippen LogP contribution >= 0.6 is 11.6 Å². The highest BCUT2D eigenvalue weighted by molar-refractivity contribution is 6.17. The number of nitrogens with zero attached hydrogens (tertiary/aromatic N) is 4. The molecule has 0 unspecified atom stereocenters. The highest BCUT2D eigenvalue weighted by Gasteiger charge is 2.21. The Labute approximate surface area is 118 Å². The number of aromatic nitrogens is 2. The molecule has 6 heteroatoms. The summed E-state index contributed by atoms with van der Waals surface area (Å²) in [7, 11) is 0. The van der Waals surface area contributed by atoms with Crippen LogP contribution in [0.2, 0.25) is 0 Å². The van der Waals surface area contributed by atoms with Crippen molar-refractivity contribution in [2.75, 3.05) is 37.0 Å². The molecule has 19 heavy (non-hydrogen) atoms. The van der Waals surface area contributed by atoms with Crippen molar-refractivity contribution in [3.05, 3.63) is 18.6 Å². The minimum Gasteiger partial charge on any atom is -0.352 e. The fourth-order valence-corrected chi connectivity index (χ4v) is 2.36. The zero-order valence-electron chi connectivity index (χ0n) is 11.0. The third-order valence-electron chi connectivity index (χ3n) is 3.28. The largest absolute Gasteiger partial charge is 0.352 e. The molecule has 0 atom stereocenters. The van der Waals surface area contributed by atoms with Gasteiger partial charge in [0.25, 0.3) is 0 Å². The molecule has 0 aliphatic carbocycles. The van der Waals surface area contributed by atoms with E-state index in [1.54, 1.807) is 18.6 Å². The monoisotopic (exact) mass is 282 g/mol. The van der Waals surface area contributed by atoms with E-state index in [0.717, 1.165) is 44.8 Å². The lowest BCUT2D eigenvalue weighted by Crippen LogP contribution is -2.49. The summed E-state index contributed by atoms with van der Waals surface area (Å²) in [6.45, 7) is 3.16. The van der Waals surface area contributed by atoms with Crippen molar-refractivity contribution in [3.63, 3.8) is 0 Å². The molecule has 5 nitrogen and oxygen atoms in total. The van der Waals surface area contributed by atoms with Crippen LogP contribution in [0.4, 0.5) is 5.82 Å². The van der Waals surface area contributed by atoms with E-state index in [0.29, 0.717) is 12.3 Å². The van der Waals surface area contributed by atoms with Crippen molar-refractivity contribution in [1.29, 1.82) is 0 Å². The first-order valence-corrected chi connectivity index (χ1v) is 7.19. The first-order valence-electron chi connectivity index (χ1n) is 6.66. The van der Waals surface area contributed by atoms with Gasteiger partial charge in [-0.25, -0.2) is 4.98 Å². The predicted octanol–water partition coefficient (Wildman–Crippen LogP) is 1.53. The number of anilines is 1. The molecule has 0 spiro atoms. The smallest absolute Gasteiger partial charge is 0.222 e. The number of unbranched alkanes of at least 4 members (excludes halogenated alkanes) is 1. The van der Waals surface area contributed by atoms with Gasteiger partial charge in [0, 0.05) is 50.9 Å². The molecule has 2 heterocycles. The zero-order chi connectivity index (χ0) is 13.5. The second-order valence-electron chi connectivity index (χ2n) is 4.58. The lowest BCUT2D eigenvalue weighted by molar-refractivity contribution is -0.131. The summed E-state index contributed by atoms with van der Waals surface area (Å²) in [5.41, 5.74) is 0. The first kappa shape index (κ1) is 14.1. The van der Waals surface area contributed by atoms with Crippen LogP contribution in [0.3, 0.4) is 0 Å². The second-order valence-corrected chi connectivity index (χ2v) is 4.96. The molecule has 1 saturated heterocycles. The molecule has 0 radical (unpaired) electrons. The number of carbonyl (C=O) groups excluding carboxylic acids is 1. The fraction of sp³-hybridized carbons (Fsp3) is 0.615. The SMILES string of the molecule is O=C(CCCCCl)N1CCN(c2cnccn2)CC1. The number of hydrogen-bond donors (Lipinski definition) is 0. The van der Waals surface area contributed by atoms with Gasteiger partial charge in [0.15, 0.2) is 0 Å². The maximum Gasteiger partial charge on any atom is 0.222 e. The third kappa shape index (κ3) is 4.06. The molecule has 0 saturated carbocycles. The highest BCUT2D eigenvalue weighted by atomic mass is 35.5. The Morgan fingerprint density at radius 1 is 1.21 bits per heavy atom. The van der Waals surface area contributed by atoms with Crippen molar-refractivity contribution < 1.29 is 4.79 Å². The summed E-state index contributed by atoms with van der Waals surface area (Å²) < 4.78 is 0. The standard InChI is InChI=1S/C13H19ClN4O/c14-4-2-1-3-13(19)18-9-7-17(8-10-18)12-11-15-5-6-16-12/h5-6,11H,1-4,7-10H2. The molecular weight excluding hydrogens is 264 g/mol. The molecule has 1 aromatic rings. The molecule has 0 N–H and O–H groups in total. The van der Waals surface area contributed by atoms with Gasteiger partial charge in [0.1, 0.15) is 5.82 Å². The van der Waals surface area contributed by atoms with Gasteiger partial charge in [-0.05, 0) is 12.8 Å². The Bertz CT molecular complexity index is 393. The van der Waals surface area contributed by atoms with Crippen LogP contribution in [0.15, 0.2) is 18.6 Å². The fourth-order valence-electron chi connectivity index (χ4n) is 2.17. The van der Waals surface area contributed by atoms with E-state index in [1.165, 1.54) is 0 Å². The average Bonchev–Trinajstić information content (AvgIpc) is 2.48. The van der Waals surface area contributed by atoms with Crippen molar-refractivity contribution in [2.24, 2.45) is 0 Å². The van der Waals surface area contributed by atoms with E-state index in [2.05, 4.69) is 14.9 Å². The molecule has 1 aromatic heterocycles. The van der Waals surface area contributed by atoms with Crippen molar-refractivity contribution >= 4 is 23.3 Å². The summed E-state index contributed by atoms with van der Waals surface area (Å²) in [5, 5.41) is 0. The van der Waals surface area contributed by atoms with E-state index in [4.69, 9.17) is 11.6 Å². The molecular formula is C13H19ClN4O. The van der Waals surface area contributed by atoms with Crippen LogP contribution in [-0.2, 0) is 4.79 Å². The quantitative estimate of drug-likeness (QED) is 0.607. The van der Waals surface area contributed by atoms with Crippen LogP contribution in [0.5, 0.6) is 0 Å². The normalized spacial score (nSPS) is 15.6. The van der Waals surface area contributed by atoms with Gasteiger partial charge in [0.2, 0.25) is 5.91 Å². The van der Waals surface area contributed by atoms with E-state index < -0.39 is 0 Å². The van der Waals surface area contributed by atoms with Crippen molar-refractivity contribution in [1.82, 2.24) is 14.9 Å². The van der Waals surface area contributed by atoms with Gasteiger partial charge in [0.05, 0.1) is 6.20 Å².